The molecule has 1 N–H and O–H groups in total. The third-order valence-corrected chi connectivity index (χ3v) is 6.50. The van der Waals surface area contributed by atoms with Gasteiger partial charge in [-0.05, 0) is 48.6 Å². The van der Waals surface area contributed by atoms with Crippen LogP contribution < -0.4 is 10.2 Å². The Morgan fingerprint density at radius 3 is 2.78 bits per heavy atom. The maximum absolute atomic E-state index is 13.0. The summed E-state index contributed by atoms with van der Waals surface area (Å²) in [6.07, 6.45) is 3.23. The predicted molar refractivity (Wildman–Crippen MR) is 125 cm³/mol. The fraction of sp³-hybridized carbons (Fsp3) is 0.250. The van der Waals surface area contributed by atoms with Crippen molar-refractivity contribution in [3.8, 4) is 0 Å². The van der Waals surface area contributed by atoms with Crippen molar-refractivity contribution < 1.29 is 9.59 Å². The second kappa shape index (κ2) is 8.55. The number of aryl methyl sites for hydroxylation is 1. The van der Waals surface area contributed by atoms with E-state index in [0.29, 0.717) is 30.7 Å². The van der Waals surface area contributed by atoms with Crippen LogP contribution in [-0.4, -0.2) is 33.1 Å². The fourth-order valence-electron chi connectivity index (χ4n) is 4.02. The molecule has 0 spiro atoms. The first-order valence-corrected chi connectivity index (χ1v) is 11.5. The molecule has 1 aromatic carbocycles. The van der Waals surface area contributed by atoms with Gasteiger partial charge in [-0.15, -0.1) is 11.3 Å². The average molecular weight is 446 g/mol. The standard InChI is InChI=1S/C24H23N5O2S/c1-16-12-20(21-14-26-29(23(21)27-16)15-19-4-3-11-32-19)24(31)25-13-17-6-8-18(9-7-17)28-10-2-5-22(28)30/h3-4,6-9,11-12,14H,2,5,10,13,15H2,1H3,(H,25,31). The number of anilines is 1. The van der Waals surface area contributed by atoms with Gasteiger partial charge in [-0.1, -0.05) is 18.2 Å². The highest BCUT2D eigenvalue weighted by atomic mass is 32.1. The number of nitrogens with zero attached hydrogens (tertiary/aromatic N) is 4. The summed E-state index contributed by atoms with van der Waals surface area (Å²) in [7, 11) is 0. The molecular weight excluding hydrogens is 422 g/mol. The number of nitrogens with one attached hydrogen (secondary N) is 1. The van der Waals surface area contributed by atoms with Gasteiger partial charge in [0.15, 0.2) is 5.65 Å². The first kappa shape index (κ1) is 20.4. The molecule has 1 aliphatic rings. The predicted octanol–water partition coefficient (Wildman–Crippen LogP) is 3.91. The lowest BCUT2D eigenvalue weighted by atomic mass is 10.1. The Bertz CT molecular complexity index is 1280. The highest BCUT2D eigenvalue weighted by Gasteiger charge is 2.21. The largest absolute Gasteiger partial charge is 0.348 e. The van der Waals surface area contributed by atoms with Crippen LogP contribution in [0.3, 0.4) is 0 Å². The lowest BCUT2D eigenvalue weighted by Gasteiger charge is -2.16. The molecule has 0 saturated carbocycles. The summed E-state index contributed by atoms with van der Waals surface area (Å²) in [6, 6.07) is 13.7. The molecule has 0 bridgehead atoms. The molecule has 0 radical (unpaired) electrons. The summed E-state index contributed by atoms with van der Waals surface area (Å²) in [5.74, 6) is 0.0118. The van der Waals surface area contributed by atoms with Crippen LogP contribution in [0.1, 0.15) is 39.3 Å². The van der Waals surface area contributed by atoms with Gasteiger partial charge in [0.05, 0.1) is 23.7 Å². The van der Waals surface area contributed by atoms with Gasteiger partial charge in [-0.2, -0.15) is 5.10 Å². The van der Waals surface area contributed by atoms with Crippen LogP contribution >= 0.6 is 11.3 Å². The Labute approximate surface area is 189 Å². The number of hydrogen-bond acceptors (Lipinski definition) is 5. The summed E-state index contributed by atoms with van der Waals surface area (Å²) in [6.45, 7) is 3.69. The molecule has 0 atom stereocenters. The van der Waals surface area contributed by atoms with Gasteiger partial charge in [-0.3, -0.25) is 9.59 Å². The van der Waals surface area contributed by atoms with Crippen molar-refractivity contribution in [3.05, 3.63) is 75.7 Å². The number of thiophene rings is 1. The van der Waals surface area contributed by atoms with Crippen molar-refractivity contribution in [3.63, 3.8) is 0 Å². The Hall–Kier alpha value is -3.52. The summed E-state index contributed by atoms with van der Waals surface area (Å²) in [5, 5.41) is 10.3. The number of carbonyl (C=O) groups excluding carboxylic acids is 2. The summed E-state index contributed by atoms with van der Waals surface area (Å²) in [5.41, 5.74) is 3.94. The maximum Gasteiger partial charge on any atom is 0.252 e. The van der Waals surface area contributed by atoms with Crippen molar-refractivity contribution >= 4 is 39.9 Å². The van der Waals surface area contributed by atoms with E-state index >= 15 is 0 Å². The second-order valence-electron chi connectivity index (χ2n) is 7.93. The van der Waals surface area contributed by atoms with Crippen LogP contribution in [0.15, 0.2) is 54.0 Å². The maximum atomic E-state index is 13.0. The molecule has 32 heavy (non-hydrogen) atoms. The molecule has 0 aliphatic carbocycles. The second-order valence-corrected chi connectivity index (χ2v) is 8.96. The highest BCUT2D eigenvalue weighted by molar-refractivity contribution is 7.09. The first-order valence-electron chi connectivity index (χ1n) is 10.6. The number of hydrogen-bond donors (Lipinski definition) is 1. The summed E-state index contributed by atoms with van der Waals surface area (Å²) >= 11 is 1.67. The van der Waals surface area contributed by atoms with E-state index < -0.39 is 0 Å². The lowest BCUT2D eigenvalue weighted by Crippen LogP contribution is -2.24. The Morgan fingerprint density at radius 2 is 2.06 bits per heavy atom. The minimum atomic E-state index is -0.157. The van der Waals surface area contributed by atoms with Crippen LogP contribution in [0.2, 0.25) is 0 Å². The molecule has 2 amide bonds. The SMILES string of the molecule is Cc1cc(C(=O)NCc2ccc(N3CCCC3=O)cc2)c2cnn(Cc3cccs3)c2n1. The quantitative estimate of drug-likeness (QED) is 0.488. The van der Waals surface area contributed by atoms with E-state index in [1.807, 2.05) is 52.2 Å². The van der Waals surface area contributed by atoms with E-state index in [1.165, 1.54) is 4.88 Å². The van der Waals surface area contributed by atoms with Crippen LogP contribution in [0.25, 0.3) is 11.0 Å². The van der Waals surface area contributed by atoms with Gasteiger partial charge in [0.25, 0.3) is 5.91 Å². The molecule has 4 aromatic rings. The van der Waals surface area contributed by atoms with Gasteiger partial charge >= 0.3 is 0 Å². The summed E-state index contributed by atoms with van der Waals surface area (Å²) < 4.78 is 1.84. The minimum absolute atomic E-state index is 0.157. The minimum Gasteiger partial charge on any atom is -0.348 e. The molecule has 1 aliphatic heterocycles. The highest BCUT2D eigenvalue weighted by Crippen LogP contribution is 2.23. The van der Waals surface area contributed by atoms with Crippen molar-refractivity contribution in [1.82, 2.24) is 20.1 Å². The zero-order valence-electron chi connectivity index (χ0n) is 17.7. The Morgan fingerprint density at radius 1 is 1.22 bits per heavy atom. The number of fused-ring (bicyclic) bond motifs is 1. The third-order valence-electron chi connectivity index (χ3n) is 5.64. The first-order chi connectivity index (χ1) is 15.6. The van der Waals surface area contributed by atoms with E-state index in [-0.39, 0.29) is 11.8 Å². The number of carbonyl (C=O) groups is 2. The van der Waals surface area contributed by atoms with Gasteiger partial charge < -0.3 is 10.2 Å². The third kappa shape index (κ3) is 4.01. The Balaban J connectivity index is 1.31. The zero-order valence-corrected chi connectivity index (χ0v) is 18.6. The number of amides is 2. The van der Waals surface area contributed by atoms with Gasteiger partial charge in [0, 0.05) is 35.8 Å². The fourth-order valence-corrected chi connectivity index (χ4v) is 4.70. The number of pyridine rings is 1. The number of aromatic nitrogens is 3. The molecule has 4 heterocycles. The average Bonchev–Trinajstić information content (AvgIpc) is 3.55. The molecular formula is C24H23N5O2S. The lowest BCUT2D eigenvalue weighted by molar-refractivity contribution is -0.117. The molecule has 3 aromatic heterocycles. The smallest absolute Gasteiger partial charge is 0.252 e. The monoisotopic (exact) mass is 445 g/mol. The van der Waals surface area contributed by atoms with E-state index in [4.69, 9.17) is 0 Å². The number of rotatable bonds is 6. The topological polar surface area (TPSA) is 80.1 Å². The molecule has 0 unspecified atom stereocenters. The van der Waals surface area contributed by atoms with E-state index in [9.17, 15) is 9.59 Å². The van der Waals surface area contributed by atoms with Crippen molar-refractivity contribution in [1.29, 1.82) is 0 Å². The molecule has 5 rings (SSSR count). The molecule has 1 fully saturated rings. The molecule has 162 valence electrons. The zero-order chi connectivity index (χ0) is 22.1. The van der Waals surface area contributed by atoms with Crippen molar-refractivity contribution in [2.24, 2.45) is 0 Å². The van der Waals surface area contributed by atoms with Crippen molar-refractivity contribution in [2.45, 2.75) is 32.9 Å². The molecule has 8 heteroatoms. The normalized spacial score (nSPS) is 13.8. The van der Waals surface area contributed by atoms with Crippen LogP contribution in [0.4, 0.5) is 5.69 Å². The van der Waals surface area contributed by atoms with E-state index in [2.05, 4.69) is 21.5 Å². The molecule has 7 nitrogen and oxygen atoms in total. The van der Waals surface area contributed by atoms with Crippen molar-refractivity contribution in [2.75, 3.05) is 11.4 Å². The Kier molecular flexibility index (Phi) is 5.45. The van der Waals surface area contributed by atoms with Gasteiger partial charge in [0.1, 0.15) is 0 Å². The van der Waals surface area contributed by atoms with Crippen LogP contribution in [0, 0.1) is 6.92 Å². The van der Waals surface area contributed by atoms with E-state index in [1.54, 1.807) is 23.6 Å². The van der Waals surface area contributed by atoms with Crippen LogP contribution in [0.5, 0.6) is 0 Å². The van der Waals surface area contributed by atoms with E-state index in [0.717, 1.165) is 35.3 Å². The molecule has 1 saturated heterocycles. The van der Waals surface area contributed by atoms with Crippen LogP contribution in [-0.2, 0) is 17.9 Å². The summed E-state index contributed by atoms with van der Waals surface area (Å²) in [4.78, 5) is 32.5. The number of benzene rings is 1. The van der Waals surface area contributed by atoms with Gasteiger partial charge in [-0.25, -0.2) is 9.67 Å². The van der Waals surface area contributed by atoms with Gasteiger partial charge in [0.2, 0.25) is 5.91 Å².